The molecule has 0 radical (unpaired) electrons. The number of unbranched alkanes of at least 4 members (excludes halogenated alkanes) is 1. The number of carbonyl (C=O) groups is 3. The lowest BCUT2D eigenvalue weighted by Crippen LogP contribution is -2.55. The van der Waals surface area contributed by atoms with E-state index < -0.39 is 42.4 Å². The van der Waals surface area contributed by atoms with Crippen molar-refractivity contribution in [2.24, 2.45) is 11.5 Å². The molecule has 6 N–H and O–H groups in total. The summed E-state index contributed by atoms with van der Waals surface area (Å²) in [6, 6.07) is 6.47. The van der Waals surface area contributed by atoms with E-state index in [1.807, 2.05) is 30.3 Å². The highest BCUT2D eigenvalue weighted by Crippen LogP contribution is 2.07. The average molecular weight is 453 g/mol. The number of nitrogens with two attached hydrogens (primary N) is 2. The lowest BCUT2D eigenvalue weighted by Gasteiger charge is -2.23. The summed E-state index contributed by atoms with van der Waals surface area (Å²) >= 11 is 0. The van der Waals surface area contributed by atoms with Gasteiger partial charge in [-0.25, -0.2) is 4.39 Å². The Labute approximate surface area is 183 Å². The van der Waals surface area contributed by atoms with Crippen LogP contribution in [0.2, 0.25) is 0 Å². The molecule has 29 heavy (non-hydrogen) atoms. The second kappa shape index (κ2) is 16.1. The zero-order chi connectivity index (χ0) is 20.2. The van der Waals surface area contributed by atoms with Gasteiger partial charge in [0.25, 0.3) is 0 Å². The predicted octanol–water partition coefficient (Wildman–Crippen LogP) is 1.06. The molecule has 3 unspecified atom stereocenters. The lowest BCUT2D eigenvalue weighted by molar-refractivity contribution is -0.132. The Morgan fingerprint density at radius 1 is 1.00 bits per heavy atom. The molecule has 0 aliphatic carbocycles. The summed E-state index contributed by atoms with van der Waals surface area (Å²) in [6.07, 6.45) is 1.78. The van der Waals surface area contributed by atoms with Gasteiger partial charge in [0.05, 0.1) is 12.1 Å². The van der Waals surface area contributed by atoms with Crippen LogP contribution in [0.1, 0.15) is 31.7 Å². The number of benzene rings is 1. The van der Waals surface area contributed by atoms with E-state index in [1.165, 1.54) is 6.92 Å². The number of carbonyl (C=O) groups excluding carboxylic acids is 3. The molecule has 1 aromatic carbocycles. The molecule has 0 bridgehead atoms. The van der Waals surface area contributed by atoms with E-state index in [0.29, 0.717) is 25.8 Å². The van der Waals surface area contributed by atoms with Gasteiger partial charge in [-0.05, 0) is 38.3 Å². The molecule has 0 aromatic heterocycles. The maximum Gasteiger partial charge on any atom is 0.243 e. The number of halogens is 3. The number of nitrogens with one attached hydrogen (secondary N) is 2. The van der Waals surface area contributed by atoms with Gasteiger partial charge in [-0.3, -0.25) is 14.4 Å². The monoisotopic (exact) mass is 452 g/mol. The van der Waals surface area contributed by atoms with Crippen LogP contribution >= 0.6 is 24.8 Å². The smallest absolute Gasteiger partial charge is 0.243 e. The number of hydrogen-bond donors (Lipinski definition) is 4. The number of amides is 2. The van der Waals surface area contributed by atoms with E-state index in [9.17, 15) is 18.8 Å². The molecular weight excluding hydrogens is 422 g/mol. The Hall–Kier alpha value is -1.74. The number of ketones is 1. The molecule has 0 heterocycles. The van der Waals surface area contributed by atoms with E-state index >= 15 is 0 Å². The van der Waals surface area contributed by atoms with Crippen molar-refractivity contribution in [3.63, 3.8) is 0 Å². The fourth-order valence-electron chi connectivity index (χ4n) is 2.53. The van der Waals surface area contributed by atoms with Crippen LogP contribution in [0.4, 0.5) is 4.39 Å². The molecule has 0 fully saturated rings. The summed E-state index contributed by atoms with van der Waals surface area (Å²) in [4.78, 5) is 36.5. The Balaban J connectivity index is 0. The van der Waals surface area contributed by atoms with Crippen molar-refractivity contribution in [2.45, 2.75) is 50.7 Å². The molecule has 1 aromatic rings. The zero-order valence-electron chi connectivity index (χ0n) is 16.4. The van der Waals surface area contributed by atoms with Crippen molar-refractivity contribution >= 4 is 42.4 Å². The van der Waals surface area contributed by atoms with Gasteiger partial charge in [0.1, 0.15) is 12.7 Å². The summed E-state index contributed by atoms with van der Waals surface area (Å²) in [5, 5.41) is 5.16. The molecule has 0 saturated heterocycles. The molecule has 0 spiro atoms. The summed E-state index contributed by atoms with van der Waals surface area (Å²) in [6.45, 7) is 0.795. The Kier molecular flexibility index (Phi) is 16.4. The van der Waals surface area contributed by atoms with E-state index in [-0.39, 0.29) is 31.2 Å². The number of Topliss-reactive ketones (excluding diaryl/α,β-unsaturated/α-hetero) is 1. The van der Waals surface area contributed by atoms with Crippen molar-refractivity contribution in [1.29, 1.82) is 0 Å². The van der Waals surface area contributed by atoms with E-state index in [2.05, 4.69) is 10.6 Å². The second-order valence-electron chi connectivity index (χ2n) is 6.49. The highest BCUT2D eigenvalue weighted by Gasteiger charge is 2.27. The van der Waals surface area contributed by atoms with E-state index in [4.69, 9.17) is 11.5 Å². The quantitative estimate of drug-likeness (QED) is 0.352. The Morgan fingerprint density at radius 3 is 2.10 bits per heavy atom. The molecule has 166 valence electrons. The molecule has 10 heteroatoms. The molecule has 2 amide bonds. The molecule has 0 aliphatic rings. The number of hydrogen-bond acceptors (Lipinski definition) is 5. The highest BCUT2D eigenvalue weighted by atomic mass is 35.5. The Morgan fingerprint density at radius 2 is 1.59 bits per heavy atom. The minimum atomic E-state index is -1.16. The van der Waals surface area contributed by atoms with Crippen LogP contribution in [0, 0.1) is 0 Å². The second-order valence-corrected chi connectivity index (χ2v) is 6.49. The van der Waals surface area contributed by atoms with Crippen LogP contribution in [-0.4, -0.2) is 48.9 Å². The molecule has 0 saturated carbocycles. The maximum atomic E-state index is 12.8. The first-order valence-electron chi connectivity index (χ1n) is 9.08. The molecule has 1 rings (SSSR count). The van der Waals surface area contributed by atoms with Gasteiger partial charge in [-0.1, -0.05) is 30.3 Å². The first-order chi connectivity index (χ1) is 12.9. The van der Waals surface area contributed by atoms with E-state index in [1.54, 1.807) is 0 Å². The predicted molar refractivity (Wildman–Crippen MR) is 116 cm³/mol. The minimum Gasteiger partial charge on any atom is -0.344 e. The fraction of sp³-hybridized carbons (Fsp3) is 0.526. The SMILES string of the molecule is CC(N)C(=O)NC(Cc1ccccc1)C(=O)NC(CCCCN)C(=O)CF.Cl.Cl. The number of alkyl halides is 1. The topological polar surface area (TPSA) is 127 Å². The standard InChI is InChI=1S/C19H29FN4O3.2ClH/c1-13(22)18(26)24-16(11-14-7-3-2-4-8-14)19(27)23-15(17(25)12-20)9-5-6-10-21;;/h2-4,7-8,13,15-16H,5-6,9-12,21-22H2,1H3,(H,23,27)(H,24,26);2*1H. The fourth-order valence-corrected chi connectivity index (χ4v) is 2.53. The van der Waals surface area contributed by atoms with E-state index in [0.717, 1.165) is 5.56 Å². The van der Waals surface area contributed by atoms with Gasteiger partial charge < -0.3 is 22.1 Å². The van der Waals surface area contributed by atoms with Crippen LogP contribution in [0.5, 0.6) is 0 Å². The normalized spacial score (nSPS) is 13.1. The van der Waals surface area contributed by atoms with Gasteiger partial charge in [0, 0.05) is 6.42 Å². The van der Waals surface area contributed by atoms with Crippen LogP contribution in [0.15, 0.2) is 30.3 Å². The third-order valence-corrected chi connectivity index (χ3v) is 4.11. The molecule has 7 nitrogen and oxygen atoms in total. The van der Waals surface area contributed by atoms with Gasteiger partial charge >= 0.3 is 0 Å². The summed E-state index contributed by atoms with van der Waals surface area (Å²) in [7, 11) is 0. The van der Waals surface area contributed by atoms with Crippen LogP contribution in [0.25, 0.3) is 0 Å². The summed E-state index contributed by atoms with van der Waals surface area (Å²) in [5.41, 5.74) is 11.8. The van der Waals surface area contributed by atoms with Crippen molar-refractivity contribution in [1.82, 2.24) is 10.6 Å². The summed E-state index contributed by atoms with van der Waals surface area (Å²) < 4.78 is 12.8. The van der Waals surface area contributed by atoms with Crippen LogP contribution in [0.3, 0.4) is 0 Å². The van der Waals surface area contributed by atoms with Crippen LogP contribution in [-0.2, 0) is 20.8 Å². The lowest BCUT2D eigenvalue weighted by atomic mass is 10.0. The minimum absolute atomic E-state index is 0. The molecular formula is C19H31Cl2FN4O3. The van der Waals surface area contributed by atoms with Gasteiger partial charge in [0.15, 0.2) is 5.78 Å². The average Bonchev–Trinajstić information content (AvgIpc) is 2.66. The van der Waals surface area contributed by atoms with Crippen molar-refractivity contribution in [2.75, 3.05) is 13.2 Å². The zero-order valence-corrected chi connectivity index (χ0v) is 18.1. The molecule has 3 atom stereocenters. The molecule has 0 aliphatic heterocycles. The van der Waals surface area contributed by atoms with Gasteiger partial charge in [0.2, 0.25) is 11.8 Å². The van der Waals surface area contributed by atoms with Crippen molar-refractivity contribution < 1.29 is 18.8 Å². The third kappa shape index (κ3) is 11.1. The van der Waals surface area contributed by atoms with Crippen LogP contribution < -0.4 is 22.1 Å². The largest absolute Gasteiger partial charge is 0.344 e. The summed E-state index contributed by atoms with van der Waals surface area (Å²) in [5.74, 6) is -1.73. The maximum absolute atomic E-state index is 12.8. The first-order valence-corrected chi connectivity index (χ1v) is 9.08. The first kappa shape index (κ1) is 29.5. The Bertz CT molecular complexity index is 621. The van der Waals surface area contributed by atoms with Crippen molar-refractivity contribution in [3.8, 4) is 0 Å². The van der Waals surface area contributed by atoms with Gasteiger partial charge in [-0.15, -0.1) is 24.8 Å². The van der Waals surface area contributed by atoms with Gasteiger partial charge in [-0.2, -0.15) is 0 Å². The third-order valence-electron chi connectivity index (χ3n) is 4.11. The highest BCUT2D eigenvalue weighted by molar-refractivity contribution is 5.94. The number of rotatable bonds is 12. The van der Waals surface area contributed by atoms with Crippen molar-refractivity contribution in [3.05, 3.63) is 35.9 Å².